The number of nitrogens with zero attached hydrogens (tertiary/aromatic N) is 3. The molecule has 1 saturated heterocycles. The molecule has 1 amide bonds. The Balaban J connectivity index is 1.92. The molecule has 3 rings (SSSR count). The number of amides is 1. The van der Waals surface area contributed by atoms with E-state index in [1.54, 1.807) is 41.3 Å². The maximum atomic E-state index is 13.4. The van der Waals surface area contributed by atoms with Gasteiger partial charge in [0.1, 0.15) is 6.54 Å². The fourth-order valence-corrected chi connectivity index (χ4v) is 4.74. The average molecular weight is 416 g/mol. The molecule has 1 heterocycles. The van der Waals surface area contributed by atoms with Gasteiger partial charge in [0.15, 0.2) is 0 Å². The number of piperazine rings is 1. The van der Waals surface area contributed by atoms with Crippen LogP contribution in [0.25, 0.3) is 0 Å². The zero-order valence-electron chi connectivity index (χ0n) is 17.3. The highest BCUT2D eigenvalue weighted by molar-refractivity contribution is 7.92. The van der Waals surface area contributed by atoms with E-state index < -0.39 is 10.0 Å². The van der Waals surface area contributed by atoms with Crippen LogP contribution in [0, 0.1) is 6.92 Å². The van der Waals surface area contributed by atoms with Crippen molar-refractivity contribution in [2.45, 2.75) is 25.2 Å². The number of carbonyl (C=O) groups is 1. The van der Waals surface area contributed by atoms with E-state index in [1.807, 2.05) is 33.0 Å². The predicted octanol–water partition coefficient (Wildman–Crippen LogP) is 2.53. The van der Waals surface area contributed by atoms with Crippen molar-refractivity contribution < 1.29 is 13.2 Å². The summed E-state index contributed by atoms with van der Waals surface area (Å²) in [6.45, 7) is 6.57. The summed E-state index contributed by atoms with van der Waals surface area (Å²) in [4.78, 5) is 17.0. The van der Waals surface area contributed by atoms with Crippen LogP contribution in [0.5, 0.6) is 0 Å². The molecule has 1 fully saturated rings. The molecular weight excluding hydrogens is 386 g/mol. The molecule has 0 bridgehead atoms. The summed E-state index contributed by atoms with van der Waals surface area (Å²) in [5.74, 6) is -0.173. The summed E-state index contributed by atoms with van der Waals surface area (Å²) in [7, 11) is -1.84. The molecule has 0 saturated carbocycles. The van der Waals surface area contributed by atoms with Gasteiger partial charge in [-0.1, -0.05) is 36.8 Å². The monoisotopic (exact) mass is 415 g/mol. The molecule has 0 atom stereocenters. The Morgan fingerprint density at radius 1 is 0.966 bits per heavy atom. The van der Waals surface area contributed by atoms with E-state index in [4.69, 9.17) is 0 Å². The zero-order chi connectivity index (χ0) is 21.0. The van der Waals surface area contributed by atoms with E-state index in [0.29, 0.717) is 18.8 Å². The Morgan fingerprint density at radius 2 is 1.55 bits per heavy atom. The normalized spacial score (nSPS) is 15.3. The maximum Gasteiger partial charge on any atom is 0.264 e. The third kappa shape index (κ3) is 4.97. The van der Waals surface area contributed by atoms with Crippen LogP contribution in [0.3, 0.4) is 0 Å². The minimum absolute atomic E-state index is 0.173. The van der Waals surface area contributed by atoms with Gasteiger partial charge in [0.25, 0.3) is 10.0 Å². The number of likely N-dealkylation sites (N-methyl/N-ethyl adjacent to an activating group) is 1. The van der Waals surface area contributed by atoms with E-state index in [0.717, 1.165) is 30.6 Å². The minimum atomic E-state index is -3.86. The smallest absolute Gasteiger partial charge is 0.264 e. The first-order valence-corrected chi connectivity index (χ1v) is 11.4. The van der Waals surface area contributed by atoms with Gasteiger partial charge >= 0.3 is 0 Å². The van der Waals surface area contributed by atoms with Crippen LogP contribution >= 0.6 is 0 Å². The highest BCUT2D eigenvalue weighted by atomic mass is 32.2. The zero-order valence-corrected chi connectivity index (χ0v) is 18.2. The number of carbonyl (C=O) groups excluding carboxylic acids is 1. The second-order valence-corrected chi connectivity index (χ2v) is 9.39. The van der Waals surface area contributed by atoms with Crippen molar-refractivity contribution in [1.29, 1.82) is 0 Å². The molecule has 7 heteroatoms. The highest BCUT2D eigenvalue weighted by Crippen LogP contribution is 2.25. The summed E-state index contributed by atoms with van der Waals surface area (Å²) >= 11 is 0. The Labute approximate surface area is 173 Å². The molecule has 6 nitrogen and oxygen atoms in total. The van der Waals surface area contributed by atoms with E-state index in [9.17, 15) is 13.2 Å². The Bertz CT molecular complexity index is 932. The molecule has 1 aliphatic heterocycles. The molecule has 0 radical (unpaired) electrons. The van der Waals surface area contributed by atoms with Crippen molar-refractivity contribution in [3.63, 3.8) is 0 Å². The largest absolute Gasteiger partial charge is 0.339 e. The molecule has 29 heavy (non-hydrogen) atoms. The lowest BCUT2D eigenvalue weighted by Crippen LogP contribution is -2.50. The van der Waals surface area contributed by atoms with Crippen molar-refractivity contribution >= 4 is 21.6 Å². The minimum Gasteiger partial charge on any atom is -0.339 e. The summed E-state index contributed by atoms with van der Waals surface area (Å²) in [5.41, 5.74) is 2.60. The molecule has 0 unspecified atom stereocenters. The summed E-state index contributed by atoms with van der Waals surface area (Å²) in [6, 6.07) is 14.1. The van der Waals surface area contributed by atoms with Gasteiger partial charge in [-0.2, -0.15) is 0 Å². The molecule has 2 aromatic carbocycles. The SMILES string of the molecule is CCc1ccc(N(CC(=O)N2CCN(C)CC2)S(=O)(=O)c2ccc(C)cc2)cc1. The molecular formula is C22H29N3O3S. The molecule has 2 aromatic rings. The van der Waals surface area contributed by atoms with Gasteiger partial charge in [0.05, 0.1) is 10.6 Å². The molecule has 0 aromatic heterocycles. The third-order valence-corrected chi connectivity index (χ3v) is 7.16. The number of benzene rings is 2. The van der Waals surface area contributed by atoms with E-state index in [2.05, 4.69) is 4.90 Å². The summed E-state index contributed by atoms with van der Waals surface area (Å²) in [6.07, 6.45) is 0.866. The summed E-state index contributed by atoms with van der Waals surface area (Å²) in [5, 5.41) is 0. The van der Waals surface area contributed by atoms with Crippen LogP contribution in [0.4, 0.5) is 5.69 Å². The summed E-state index contributed by atoms with van der Waals surface area (Å²) < 4.78 is 28.1. The number of hydrogen-bond acceptors (Lipinski definition) is 4. The first-order valence-electron chi connectivity index (χ1n) is 9.96. The van der Waals surface area contributed by atoms with E-state index >= 15 is 0 Å². The van der Waals surface area contributed by atoms with Crippen LogP contribution in [-0.4, -0.2) is 63.9 Å². The fourth-order valence-electron chi connectivity index (χ4n) is 3.33. The maximum absolute atomic E-state index is 13.4. The number of rotatable bonds is 6. The lowest BCUT2D eigenvalue weighted by molar-refractivity contribution is -0.131. The molecule has 1 aliphatic rings. The second-order valence-electron chi connectivity index (χ2n) is 7.53. The third-order valence-electron chi connectivity index (χ3n) is 5.38. The van der Waals surface area contributed by atoms with Crippen molar-refractivity contribution in [2.75, 3.05) is 44.1 Å². The highest BCUT2D eigenvalue weighted by Gasteiger charge is 2.29. The van der Waals surface area contributed by atoms with Gasteiger partial charge in [0.2, 0.25) is 5.91 Å². The lowest BCUT2D eigenvalue weighted by atomic mass is 10.1. The van der Waals surface area contributed by atoms with Crippen LogP contribution in [-0.2, 0) is 21.2 Å². The van der Waals surface area contributed by atoms with Gasteiger partial charge in [-0.15, -0.1) is 0 Å². The van der Waals surface area contributed by atoms with Crippen molar-refractivity contribution in [1.82, 2.24) is 9.80 Å². The Kier molecular flexibility index (Phi) is 6.59. The van der Waals surface area contributed by atoms with Crippen molar-refractivity contribution in [3.05, 3.63) is 59.7 Å². The molecule has 0 spiro atoms. The average Bonchev–Trinajstić information content (AvgIpc) is 2.72. The Hall–Kier alpha value is -2.38. The van der Waals surface area contributed by atoms with Crippen LogP contribution < -0.4 is 4.31 Å². The van der Waals surface area contributed by atoms with Crippen LogP contribution in [0.2, 0.25) is 0 Å². The molecule has 0 aliphatic carbocycles. The van der Waals surface area contributed by atoms with Gasteiger partial charge in [-0.05, 0) is 50.2 Å². The standard InChI is InChI=1S/C22H29N3O3S/c1-4-19-7-9-20(10-8-19)25(17-22(26)24-15-13-23(3)14-16-24)29(27,28)21-11-5-18(2)6-12-21/h5-12H,4,13-17H2,1-3H3. The lowest BCUT2D eigenvalue weighted by Gasteiger charge is -2.34. The van der Waals surface area contributed by atoms with Gasteiger partial charge in [0, 0.05) is 26.2 Å². The van der Waals surface area contributed by atoms with Gasteiger partial charge in [-0.25, -0.2) is 8.42 Å². The number of sulfonamides is 1. The second kappa shape index (κ2) is 8.97. The fraction of sp³-hybridized carbons (Fsp3) is 0.409. The van der Waals surface area contributed by atoms with Gasteiger partial charge in [-0.3, -0.25) is 9.10 Å². The number of hydrogen-bond donors (Lipinski definition) is 0. The van der Waals surface area contributed by atoms with Gasteiger partial charge < -0.3 is 9.80 Å². The van der Waals surface area contributed by atoms with E-state index in [-0.39, 0.29) is 17.3 Å². The predicted molar refractivity (Wildman–Crippen MR) is 116 cm³/mol. The molecule has 156 valence electrons. The van der Waals surface area contributed by atoms with Crippen LogP contribution in [0.15, 0.2) is 53.4 Å². The van der Waals surface area contributed by atoms with Crippen molar-refractivity contribution in [3.8, 4) is 0 Å². The van der Waals surface area contributed by atoms with E-state index in [1.165, 1.54) is 4.31 Å². The molecule has 0 N–H and O–H groups in total. The number of anilines is 1. The van der Waals surface area contributed by atoms with Crippen molar-refractivity contribution in [2.24, 2.45) is 0 Å². The Morgan fingerprint density at radius 3 is 2.10 bits per heavy atom. The first-order chi connectivity index (χ1) is 13.8. The topological polar surface area (TPSA) is 60.9 Å². The quantitative estimate of drug-likeness (QED) is 0.727. The number of aryl methyl sites for hydroxylation is 2. The first kappa shape index (κ1) is 21.3. The van der Waals surface area contributed by atoms with Crippen LogP contribution in [0.1, 0.15) is 18.1 Å².